The Bertz CT molecular complexity index is 976. The third-order valence-electron chi connectivity index (χ3n) is 4.02. The van der Waals surface area contributed by atoms with E-state index in [1.54, 1.807) is 11.8 Å². The summed E-state index contributed by atoms with van der Waals surface area (Å²) >= 11 is 1.26. The van der Waals surface area contributed by atoms with Crippen molar-refractivity contribution in [2.75, 3.05) is 19.7 Å². The summed E-state index contributed by atoms with van der Waals surface area (Å²) in [6.07, 6.45) is 0. The Morgan fingerprint density at radius 3 is 2.86 bits per heavy atom. The maximum Gasteiger partial charge on any atom is 0.231 e. The molecule has 144 valence electrons. The van der Waals surface area contributed by atoms with Crippen LogP contribution in [0.15, 0.2) is 47.6 Å². The van der Waals surface area contributed by atoms with Gasteiger partial charge in [0.2, 0.25) is 17.9 Å². The molecule has 1 amide bonds. The molecule has 0 aliphatic carbocycles. The Kier molecular flexibility index (Phi) is 5.29. The second kappa shape index (κ2) is 8.17. The van der Waals surface area contributed by atoms with Crippen LogP contribution in [0.5, 0.6) is 17.2 Å². The summed E-state index contributed by atoms with van der Waals surface area (Å²) in [6.45, 7) is 0.629. The van der Waals surface area contributed by atoms with E-state index in [2.05, 4.69) is 20.8 Å². The van der Waals surface area contributed by atoms with Gasteiger partial charge < -0.3 is 19.5 Å². The van der Waals surface area contributed by atoms with Crippen molar-refractivity contribution in [2.24, 2.45) is 0 Å². The number of thioether (sulfide) groups is 1. The number of rotatable bonds is 7. The fourth-order valence-electron chi connectivity index (χ4n) is 2.59. The molecule has 3 aromatic rings. The van der Waals surface area contributed by atoms with Gasteiger partial charge in [-0.2, -0.15) is 4.68 Å². The molecule has 2 aromatic carbocycles. The molecule has 10 heteroatoms. The van der Waals surface area contributed by atoms with Crippen LogP contribution < -0.4 is 19.5 Å². The minimum absolute atomic E-state index is 0.119. The Morgan fingerprint density at radius 1 is 1.21 bits per heavy atom. The highest BCUT2D eigenvalue weighted by molar-refractivity contribution is 7.99. The molecule has 0 saturated carbocycles. The number of carbonyl (C=O) groups is 1. The van der Waals surface area contributed by atoms with E-state index >= 15 is 0 Å². The number of hydrogen-bond donors (Lipinski definition) is 1. The molecule has 0 unspecified atom stereocenters. The molecule has 0 fully saturated rings. The number of carbonyl (C=O) groups excluding carboxylic acids is 1. The van der Waals surface area contributed by atoms with E-state index in [4.69, 9.17) is 14.2 Å². The van der Waals surface area contributed by atoms with Gasteiger partial charge in [0.05, 0.1) is 18.6 Å². The first-order chi connectivity index (χ1) is 13.7. The van der Waals surface area contributed by atoms with E-state index in [0.29, 0.717) is 17.5 Å². The van der Waals surface area contributed by atoms with Gasteiger partial charge >= 0.3 is 0 Å². The van der Waals surface area contributed by atoms with Gasteiger partial charge in [0, 0.05) is 6.54 Å². The molecule has 2 heterocycles. The predicted octanol–water partition coefficient (Wildman–Crippen LogP) is 1.81. The van der Waals surface area contributed by atoms with Crippen LogP contribution in [-0.2, 0) is 11.3 Å². The van der Waals surface area contributed by atoms with Gasteiger partial charge in [0.15, 0.2) is 11.5 Å². The number of ether oxygens (including phenoxy) is 3. The van der Waals surface area contributed by atoms with Crippen molar-refractivity contribution in [2.45, 2.75) is 11.7 Å². The average Bonchev–Trinajstić information content (AvgIpc) is 3.39. The highest BCUT2D eigenvalue weighted by atomic mass is 32.2. The molecule has 1 aromatic heterocycles. The number of aromatic nitrogens is 4. The zero-order chi connectivity index (χ0) is 19.3. The van der Waals surface area contributed by atoms with Crippen LogP contribution in [0, 0.1) is 0 Å². The number of amides is 1. The molecule has 1 N–H and O–H groups in total. The smallest absolute Gasteiger partial charge is 0.231 e. The van der Waals surface area contributed by atoms with Crippen molar-refractivity contribution in [3.63, 3.8) is 0 Å². The third-order valence-corrected chi connectivity index (χ3v) is 4.94. The molecule has 0 bridgehead atoms. The lowest BCUT2D eigenvalue weighted by molar-refractivity contribution is -0.118. The lowest BCUT2D eigenvalue weighted by atomic mass is 10.2. The molecule has 0 spiro atoms. The quantitative estimate of drug-likeness (QED) is 0.601. The van der Waals surface area contributed by atoms with E-state index < -0.39 is 0 Å². The van der Waals surface area contributed by atoms with Gasteiger partial charge in [-0.1, -0.05) is 17.8 Å². The van der Waals surface area contributed by atoms with Crippen molar-refractivity contribution in [3.8, 4) is 22.9 Å². The van der Waals surface area contributed by atoms with Gasteiger partial charge in [-0.3, -0.25) is 4.79 Å². The highest BCUT2D eigenvalue weighted by Gasteiger charge is 2.14. The minimum Gasteiger partial charge on any atom is -0.497 e. The zero-order valence-corrected chi connectivity index (χ0v) is 15.8. The van der Waals surface area contributed by atoms with E-state index in [1.165, 1.54) is 11.8 Å². The van der Waals surface area contributed by atoms with Gasteiger partial charge in [-0.25, -0.2) is 0 Å². The number of nitrogens with one attached hydrogen (secondary N) is 1. The number of nitrogens with zero attached hydrogens (tertiary/aromatic N) is 4. The first kappa shape index (κ1) is 18.1. The van der Waals surface area contributed by atoms with Gasteiger partial charge in [-0.05, 0) is 52.4 Å². The number of benzene rings is 2. The molecule has 0 radical (unpaired) electrons. The van der Waals surface area contributed by atoms with Crippen LogP contribution in [0.4, 0.5) is 0 Å². The Morgan fingerprint density at radius 2 is 2.04 bits per heavy atom. The molecule has 1 aliphatic rings. The standard InChI is InChI=1S/C18H17N5O4S/c1-25-14-5-3-13(4-6-14)23-18(20-21-22-23)28-10-17(24)19-9-12-2-7-15-16(8-12)27-11-26-15/h2-8H,9-11H2,1H3,(H,19,24). The highest BCUT2D eigenvalue weighted by Crippen LogP contribution is 2.32. The number of tetrazole rings is 1. The van der Waals surface area contributed by atoms with Crippen LogP contribution in [0.2, 0.25) is 0 Å². The molecule has 9 nitrogen and oxygen atoms in total. The third kappa shape index (κ3) is 4.01. The van der Waals surface area contributed by atoms with Crippen LogP contribution in [0.25, 0.3) is 5.69 Å². The fraction of sp³-hybridized carbons (Fsp3) is 0.222. The maximum atomic E-state index is 12.2. The monoisotopic (exact) mass is 399 g/mol. The summed E-state index contributed by atoms with van der Waals surface area (Å²) in [5.41, 5.74) is 1.72. The molecular formula is C18H17N5O4S. The Hall–Kier alpha value is -3.27. The van der Waals surface area contributed by atoms with E-state index in [9.17, 15) is 4.79 Å². The van der Waals surface area contributed by atoms with Crippen molar-refractivity contribution in [1.82, 2.24) is 25.5 Å². The van der Waals surface area contributed by atoms with Crippen LogP contribution >= 0.6 is 11.8 Å². The first-order valence-corrected chi connectivity index (χ1v) is 9.42. The second-order valence-corrected chi connectivity index (χ2v) is 6.77. The summed E-state index contributed by atoms with van der Waals surface area (Å²) in [5, 5.41) is 15.1. The summed E-state index contributed by atoms with van der Waals surface area (Å²) < 4.78 is 17.3. The summed E-state index contributed by atoms with van der Waals surface area (Å²) in [5.74, 6) is 2.23. The van der Waals surface area contributed by atoms with Gasteiger partial charge in [0.1, 0.15) is 5.75 Å². The molecule has 4 rings (SSSR count). The number of methoxy groups -OCH3 is 1. The number of fused-ring (bicyclic) bond motifs is 1. The Balaban J connectivity index is 1.32. The summed E-state index contributed by atoms with van der Waals surface area (Å²) in [6, 6.07) is 12.9. The lowest BCUT2D eigenvalue weighted by Gasteiger charge is -2.07. The minimum atomic E-state index is -0.119. The van der Waals surface area contributed by atoms with Gasteiger partial charge in [-0.15, -0.1) is 5.10 Å². The van der Waals surface area contributed by atoms with Crippen molar-refractivity contribution >= 4 is 17.7 Å². The molecule has 1 aliphatic heterocycles. The SMILES string of the molecule is COc1ccc(-n2nnnc2SCC(=O)NCc2ccc3c(c2)OCO3)cc1. The second-order valence-electron chi connectivity index (χ2n) is 5.82. The number of hydrogen-bond acceptors (Lipinski definition) is 8. The predicted molar refractivity (Wildman–Crippen MR) is 101 cm³/mol. The lowest BCUT2D eigenvalue weighted by Crippen LogP contribution is -2.24. The van der Waals surface area contributed by atoms with Crippen LogP contribution in [-0.4, -0.2) is 45.8 Å². The molecular weight excluding hydrogens is 382 g/mol. The van der Waals surface area contributed by atoms with Crippen molar-refractivity contribution < 1.29 is 19.0 Å². The first-order valence-electron chi connectivity index (χ1n) is 8.44. The topological polar surface area (TPSA) is 100 Å². The van der Waals surface area contributed by atoms with Crippen LogP contribution in [0.1, 0.15) is 5.56 Å². The zero-order valence-electron chi connectivity index (χ0n) is 15.0. The average molecular weight is 399 g/mol. The molecule has 28 heavy (non-hydrogen) atoms. The largest absolute Gasteiger partial charge is 0.497 e. The Labute approximate surface area is 165 Å². The van der Waals surface area contributed by atoms with E-state index in [1.807, 2.05) is 42.5 Å². The van der Waals surface area contributed by atoms with Crippen LogP contribution in [0.3, 0.4) is 0 Å². The van der Waals surface area contributed by atoms with Crippen molar-refractivity contribution in [3.05, 3.63) is 48.0 Å². The molecule has 0 atom stereocenters. The van der Waals surface area contributed by atoms with Crippen molar-refractivity contribution in [1.29, 1.82) is 0 Å². The fourth-order valence-corrected chi connectivity index (χ4v) is 3.31. The van der Waals surface area contributed by atoms with Gasteiger partial charge in [0.25, 0.3) is 0 Å². The normalized spacial score (nSPS) is 12.0. The van der Waals surface area contributed by atoms with E-state index in [0.717, 1.165) is 22.7 Å². The summed E-state index contributed by atoms with van der Waals surface area (Å²) in [7, 11) is 1.61. The van der Waals surface area contributed by atoms with E-state index in [-0.39, 0.29) is 18.5 Å². The maximum absolute atomic E-state index is 12.2. The molecule has 0 saturated heterocycles. The summed E-state index contributed by atoms with van der Waals surface area (Å²) in [4.78, 5) is 12.2.